The maximum Gasteiger partial charge on any atom is 0.358 e. The van der Waals surface area contributed by atoms with Gasteiger partial charge >= 0.3 is 5.97 Å². The second-order valence-corrected chi connectivity index (χ2v) is 4.67. The summed E-state index contributed by atoms with van der Waals surface area (Å²) in [7, 11) is 0. The Morgan fingerprint density at radius 1 is 1.53 bits per heavy atom. The first kappa shape index (κ1) is 12.1. The summed E-state index contributed by atoms with van der Waals surface area (Å²) in [5.74, 6) is -1.10. The Morgan fingerprint density at radius 3 is 2.88 bits per heavy atom. The topological polar surface area (TPSA) is 68.0 Å². The maximum absolute atomic E-state index is 10.6. The van der Waals surface area contributed by atoms with Crippen LogP contribution in [0.5, 0.6) is 0 Å². The molecule has 5 nitrogen and oxygen atoms in total. The van der Waals surface area contributed by atoms with Gasteiger partial charge in [-0.15, -0.1) is 5.10 Å². The summed E-state index contributed by atoms with van der Waals surface area (Å²) in [5, 5.41) is 16.5. The molecule has 2 rings (SSSR count). The molecule has 0 bridgehead atoms. The zero-order valence-electron chi connectivity index (χ0n) is 8.47. The minimum absolute atomic E-state index is 0.0850. The van der Waals surface area contributed by atoms with Gasteiger partial charge in [0.1, 0.15) is 0 Å². The fourth-order valence-electron chi connectivity index (χ4n) is 1.30. The zero-order valence-corrected chi connectivity index (χ0v) is 10.8. The molecule has 1 aromatic carbocycles. The highest BCUT2D eigenvalue weighted by atomic mass is 79.9. The van der Waals surface area contributed by atoms with Crippen LogP contribution in [0.15, 0.2) is 28.9 Å². The number of rotatable bonds is 3. The third kappa shape index (κ3) is 2.83. The van der Waals surface area contributed by atoms with E-state index >= 15 is 0 Å². The molecule has 0 saturated carbocycles. The summed E-state index contributed by atoms with van der Waals surface area (Å²) in [5.41, 5.74) is 0.759. The lowest BCUT2D eigenvalue weighted by atomic mass is 10.2. The van der Waals surface area contributed by atoms with Crippen molar-refractivity contribution in [1.82, 2.24) is 15.0 Å². The summed E-state index contributed by atoms with van der Waals surface area (Å²) >= 11 is 9.35. The van der Waals surface area contributed by atoms with Crippen LogP contribution in [-0.4, -0.2) is 26.1 Å². The lowest BCUT2D eigenvalue weighted by Gasteiger charge is -2.03. The van der Waals surface area contributed by atoms with E-state index in [2.05, 4.69) is 26.2 Å². The van der Waals surface area contributed by atoms with Crippen molar-refractivity contribution in [3.8, 4) is 0 Å². The second-order valence-electron chi connectivity index (χ2n) is 3.34. The van der Waals surface area contributed by atoms with Gasteiger partial charge in [-0.3, -0.25) is 0 Å². The fourth-order valence-corrected chi connectivity index (χ4v) is 2.03. The highest BCUT2D eigenvalue weighted by Crippen LogP contribution is 2.21. The number of halogens is 2. The molecule has 7 heteroatoms. The number of aromatic carboxylic acids is 1. The number of carboxylic acid groups (broad SMARTS) is 1. The van der Waals surface area contributed by atoms with E-state index in [4.69, 9.17) is 16.7 Å². The van der Waals surface area contributed by atoms with Crippen LogP contribution >= 0.6 is 27.5 Å². The lowest BCUT2D eigenvalue weighted by Crippen LogP contribution is -2.01. The molecule has 0 unspecified atom stereocenters. The van der Waals surface area contributed by atoms with Crippen molar-refractivity contribution in [1.29, 1.82) is 0 Å². The van der Waals surface area contributed by atoms with Crippen molar-refractivity contribution in [2.24, 2.45) is 0 Å². The van der Waals surface area contributed by atoms with Gasteiger partial charge in [0, 0.05) is 9.50 Å². The van der Waals surface area contributed by atoms with Crippen LogP contribution in [0.3, 0.4) is 0 Å². The summed E-state index contributed by atoms with van der Waals surface area (Å²) < 4.78 is 2.31. The number of carbonyl (C=O) groups is 1. The first-order valence-corrected chi connectivity index (χ1v) is 5.80. The van der Waals surface area contributed by atoms with Crippen LogP contribution in [0, 0.1) is 0 Å². The minimum Gasteiger partial charge on any atom is -0.476 e. The molecular weight excluding hydrogens is 309 g/mol. The van der Waals surface area contributed by atoms with Gasteiger partial charge in [-0.25, -0.2) is 9.48 Å². The number of hydrogen-bond acceptors (Lipinski definition) is 3. The minimum atomic E-state index is -1.10. The van der Waals surface area contributed by atoms with Gasteiger partial charge in [-0.1, -0.05) is 38.8 Å². The number of nitrogens with zero attached hydrogens (tertiary/aromatic N) is 3. The zero-order chi connectivity index (χ0) is 12.4. The first-order chi connectivity index (χ1) is 8.06. The molecule has 1 heterocycles. The molecule has 2 aromatic rings. The average molecular weight is 317 g/mol. The van der Waals surface area contributed by atoms with E-state index in [0.717, 1.165) is 10.0 Å². The van der Waals surface area contributed by atoms with Gasteiger partial charge < -0.3 is 5.11 Å². The van der Waals surface area contributed by atoms with Crippen molar-refractivity contribution in [2.75, 3.05) is 0 Å². The third-order valence-corrected chi connectivity index (χ3v) is 2.95. The van der Waals surface area contributed by atoms with Crippen LogP contribution in [-0.2, 0) is 6.54 Å². The Balaban J connectivity index is 2.22. The molecule has 0 radical (unpaired) electrons. The summed E-state index contributed by atoms with van der Waals surface area (Å²) in [4.78, 5) is 10.6. The predicted octanol–water partition coefficient (Wildman–Crippen LogP) is 2.44. The Bertz CT molecular complexity index is 570. The standard InChI is InChI=1S/C10H7BrClN3O2/c11-7-2-1-6(8(12)3-7)4-15-5-9(10(16)17)13-14-15/h1-3,5H,4H2,(H,16,17). The van der Waals surface area contributed by atoms with Gasteiger partial charge in [-0.05, 0) is 17.7 Å². The normalized spacial score (nSPS) is 10.5. The SMILES string of the molecule is O=C(O)c1cn(Cc2ccc(Br)cc2Cl)nn1. The van der Waals surface area contributed by atoms with Crippen LogP contribution in [0.25, 0.3) is 0 Å². The van der Waals surface area contributed by atoms with Gasteiger partial charge in [-0.2, -0.15) is 0 Å². The molecule has 1 aromatic heterocycles. The van der Waals surface area contributed by atoms with Gasteiger partial charge in [0.15, 0.2) is 5.69 Å². The highest BCUT2D eigenvalue weighted by Gasteiger charge is 2.09. The Labute approximate surface area is 110 Å². The lowest BCUT2D eigenvalue weighted by molar-refractivity contribution is 0.0690. The summed E-state index contributed by atoms with van der Waals surface area (Å²) in [6.45, 7) is 0.381. The molecule has 17 heavy (non-hydrogen) atoms. The fraction of sp³-hybridized carbons (Fsp3) is 0.100. The molecule has 0 aliphatic rings. The van der Waals surface area contributed by atoms with Gasteiger partial charge in [0.2, 0.25) is 0 Å². The highest BCUT2D eigenvalue weighted by molar-refractivity contribution is 9.10. The van der Waals surface area contributed by atoms with Crippen molar-refractivity contribution >= 4 is 33.5 Å². The van der Waals surface area contributed by atoms with E-state index in [0.29, 0.717) is 11.6 Å². The smallest absolute Gasteiger partial charge is 0.358 e. The molecule has 0 aliphatic heterocycles. The predicted molar refractivity (Wildman–Crippen MR) is 65.2 cm³/mol. The van der Waals surface area contributed by atoms with Gasteiger partial charge in [0.25, 0.3) is 0 Å². The molecular formula is C10H7BrClN3O2. The Hall–Kier alpha value is -1.40. The maximum atomic E-state index is 10.6. The summed E-state index contributed by atoms with van der Waals surface area (Å²) in [6.07, 6.45) is 1.36. The Morgan fingerprint density at radius 2 is 2.29 bits per heavy atom. The van der Waals surface area contributed by atoms with E-state index in [1.165, 1.54) is 10.9 Å². The van der Waals surface area contributed by atoms with Crippen LogP contribution in [0.2, 0.25) is 5.02 Å². The second kappa shape index (κ2) is 4.85. The van der Waals surface area contributed by atoms with Crippen LogP contribution in [0.1, 0.15) is 16.1 Å². The third-order valence-electron chi connectivity index (χ3n) is 2.11. The van der Waals surface area contributed by atoms with E-state index in [9.17, 15) is 4.79 Å². The number of aromatic nitrogens is 3. The van der Waals surface area contributed by atoms with Crippen molar-refractivity contribution in [2.45, 2.75) is 6.54 Å². The molecule has 0 saturated heterocycles. The average Bonchev–Trinajstić information content (AvgIpc) is 2.71. The van der Waals surface area contributed by atoms with Crippen molar-refractivity contribution in [3.63, 3.8) is 0 Å². The molecule has 1 N–H and O–H groups in total. The van der Waals surface area contributed by atoms with Crippen LogP contribution < -0.4 is 0 Å². The number of benzene rings is 1. The quantitative estimate of drug-likeness (QED) is 0.944. The van der Waals surface area contributed by atoms with E-state index in [1.807, 2.05) is 12.1 Å². The van der Waals surface area contributed by atoms with Crippen molar-refractivity contribution < 1.29 is 9.90 Å². The first-order valence-electron chi connectivity index (χ1n) is 4.63. The molecule has 0 amide bonds. The van der Waals surface area contributed by atoms with E-state index in [1.54, 1.807) is 6.07 Å². The molecule has 0 fully saturated rings. The van der Waals surface area contributed by atoms with Gasteiger partial charge in [0.05, 0.1) is 12.7 Å². The summed E-state index contributed by atoms with van der Waals surface area (Å²) in [6, 6.07) is 5.47. The molecule has 0 spiro atoms. The Kier molecular flexibility index (Phi) is 3.44. The molecule has 0 atom stereocenters. The number of hydrogen-bond donors (Lipinski definition) is 1. The largest absolute Gasteiger partial charge is 0.476 e. The number of carboxylic acids is 1. The van der Waals surface area contributed by atoms with Crippen LogP contribution in [0.4, 0.5) is 0 Å². The molecule has 88 valence electrons. The van der Waals surface area contributed by atoms with E-state index < -0.39 is 5.97 Å². The monoisotopic (exact) mass is 315 g/mol. The van der Waals surface area contributed by atoms with Crippen molar-refractivity contribution in [3.05, 3.63) is 45.1 Å². The van der Waals surface area contributed by atoms with E-state index in [-0.39, 0.29) is 5.69 Å². The molecule has 0 aliphatic carbocycles.